The number of nitrogens with zero attached hydrogens (tertiary/aromatic N) is 3. The molecular weight excluding hydrogens is 288 g/mol. The first-order valence-corrected chi connectivity index (χ1v) is 7.38. The molecule has 7 heteroatoms. The molecule has 1 spiro atoms. The Balaban J connectivity index is 2.16. The van der Waals surface area contributed by atoms with Crippen molar-refractivity contribution in [2.45, 2.75) is 44.7 Å². The summed E-state index contributed by atoms with van der Waals surface area (Å²) in [5.74, 6) is -1.02. The molecular formula is C15H19F2N5. The third-order valence-corrected chi connectivity index (χ3v) is 4.37. The second-order valence-corrected chi connectivity index (χ2v) is 5.85. The lowest BCUT2D eigenvalue weighted by Crippen LogP contribution is -2.58. The van der Waals surface area contributed by atoms with Crippen molar-refractivity contribution in [1.29, 1.82) is 0 Å². The molecule has 118 valence electrons. The minimum Gasteiger partial charge on any atom is -0.369 e. The highest BCUT2D eigenvalue weighted by Gasteiger charge is 2.43. The van der Waals surface area contributed by atoms with Gasteiger partial charge in [-0.15, -0.1) is 0 Å². The molecule has 0 bridgehead atoms. The van der Waals surface area contributed by atoms with E-state index in [9.17, 15) is 8.78 Å². The van der Waals surface area contributed by atoms with Crippen LogP contribution >= 0.6 is 0 Å². The third kappa shape index (κ3) is 2.30. The van der Waals surface area contributed by atoms with Gasteiger partial charge in [0.15, 0.2) is 0 Å². The van der Waals surface area contributed by atoms with Gasteiger partial charge in [0.25, 0.3) is 0 Å². The van der Waals surface area contributed by atoms with Gasteiger partial charge in [-0.3, -0.25) is 4.90 Å². The van der Waals surface area contributed by atoms with E-state index in [1.807, 2.05) is 0 Å². The predicted octanol–water partition coefficient (Wildman–Crippen LogP) is 2.38. The maximum Gasteiger partial charge on any atom is 0.220 e. The zero-order valence-corrected chi connectivity index (χ0v) is 12.4. The molecule has 0 saturated heterocycles. The van der Waals surface area contributed by atoms with Gasteiger partial charge in [-0.25, -0.2) is 13.8 Å². The van der Waals surface area contributed by atoms with Crippen molar-refractivity contribution in [3.8, 4) is 0 Å². The predicted molar refractivity (Wildman–Crippen MR) is 82.6 cm³/mol. The molecule has 1 aliphatic heterocycles. The standard InChI is InChI=1S/C15H19F2N5/c1-9-11(17)7-10(16)8-12(9)22-14(19)20-13(18)21-15(22)5-3-2-4-6-15/h7-8H,2-6H2,1H3,(H4,18,19,20,21). The number of guanidine groups is 2. The fourth-order valence-electron chi connectivity index (χ4n) is 3.33. The van der Waals surface area contributed by atoms with Gasteiger partial charge in [-0.05, 0) is 38.7 Å². The van der Waals surface area contributed by atoms with Crippen LogP contribution in [0.25, 0.3) is 0 Å². The molecule has 22 heavy (non-hydrogen) atoms. The Bertz CT molecular complexity index is 662. The highest BCUT2D eigenvalue weighted by Crippen LogP contribution is 2.41. The molecule has 4 N–H and O–H groups in total. The first-order valence-electron chi connectivity index (χ1n) is 7.38. The number of aliphatic imine (C=N–C) groups is 2. The Morgan fingerprint density at radius 3 is 2.50 bits per heavy atom. The van der Waals surface area contributed by atoms with Crippen LogP contribution in [0.4, 0.5) is 14.5 Å². The molecule has 0 aromatic heterocycles. The van der Waals surface area contributed by atoms with E-state index in [0.717, 1.165) is 38.2 Å². The van der Waals surface area contributed by atoms with Crippen LogP contribution in [0.1, 0.15) is 37.7 Å². The summed E-state index contributed by atoms with van der Waals surface area (Å²) in [6, 6.07) is 2.13. The number of nitrogens with two attached hydrogens (primary N) is 2. The number of anilines is 1. The second kappa shape index (κ2) is 5.23. The normalized spacial score (nSPS) is 20.8. The number of benzene rings is 1. The van der Waals surface area contributed by atoms with Crippen LogP contribution in [0.15, 0.2) is 22.1 Å². The SMILES string of the molecule is Cc1c(F)cc(F)cc1N1C(N)=NC(N)=NC12CCCCC2. The fraction of sp³-hybridized carbons (Fsp3) is 0.467. The lowest BCUT2D eigenvalue weighted by atomic mass is 9.87. The van der Waals surface area contributed by atoms with E-state index < -0.39 is 17.3 Å². The van der Waals surface area contributed by atoms with Crippen molar-refractivity contribution < 1.29 is 8.78 Å². The van der Waals surface area contributed by atoms with Crippen molar-refractivity contribution in [1.82, 2.24) is 0 Å². The largest absolute Gasteiger partial charge is 0.369 e. The Labute approximate surface area is 127 Å². The van der Waals surface area contributed by atoms with Crippen molar-refractivity contribution in [2.75, 3.05) is 4.90 Å². The quantitative estimate of drug-likeness (QED) is 0.836. The molecule has 0 atom stereocenters. The summed E-state index contributed by atoms with van der Waals surface area (Å²) in [4.78, 5) is 10.1. The zero-order valence-electron chi connectivity index (χ0n) is 12.4. The Kier molecular flexibility index (Phi) is 3.50. The molecule has 1 aromatic carbocycles. The molecule has 1 aromatic rings. The van der Waals surface area contributed by atoms with Gasteiger partial charge >= 0.3 is 0 Å². The van der Waals surface area contributed by atoms with Crippen molar-refractivity contribution in [3.05, 3.63) is 29.3 Å². The molecule has 1 heterocycles. The number of hydrogen-bond acceptors (Lipinski definition) is 5. The van der Waals surface area contributed by atoms with Crippen LogP contribution in [0.3, 0.4) is 0 Å². The van der Waals surface area contributed by atoms with Gasteiger partial charge in [-0.2, -0.15) is 4.99 Å². The van der Waals surface area contributed by atoms with Crippen LogP contribution < -0.4 is 16.4 Å². The second-order valence-electron chi connectivity index (χ2n) is 5.85. The Hall–Kier alpha value is -2.18. The summed E-state index contributed by atoms with van der Waals surface area (Å²) in [6.45, 7) is 1.59. The van der Waals surface area contributed by atoms with E-state index in [2.05, 4.69) is 9.98 Å². The first-order chi connectivity index (χ1) is 10.4. The molecule has 1 saturated carbocycles. The van der Waals surface area contributed by atoms with Gasteiger partial charge in [-0.1, -0.05) is 6.42 Å². The highest BCUT2D eigenvalue weighted by atomic mass is 19.1. The molecule has 0 unspecified atom stereocenters. The van der Waals surface area contributed by atoms with Crippen LogP contribution in [0.2, 0.25) is 0 Å². The van der Waals surface area contributed by atoms with Crippen molar-refractivity contribution >= 4 is 17.6 Å². The van der Waals surface area contributed by atoms with Crippen molar-refractivity contribution in [2.24, 2.45) is 21.5 Å². The molecule has 2 aliphatic rings. The molecule has 3 rings (SSSR count). The fourth-order valence-corrected chi connectivity index (χ4v) is 3.33. The van der Waals surface area contributed by atoms with E-state index in [1.54, 1.807) is 11.8 Å². The molecule has 5 nitrogen and oxygen atoms in total. The van der Waals surface area contributed by atoms with Gasteiger partial charge in [0.2, 0.25) is 11.9 Å². The number of hydrogen-bond donors (Lipinski definition) is 2. The van der Waals surface area contributed by atoms with Gasteiger partial charge < -0.3 is 11.5 Å². The number of rotatable bonds is 1. The van der Waals surface area contributed by atoms with Gasteiger partial charge in [0.05, 0.1) is 5.69 Å². The third-order valence-electron chi connectivity index (χ3n) is 4.37. The average molecular weight is 307 g/mol. The van der Waals surface area contributed by atoms with E-state index in [4.69, 9.17) is 11.5 Å². The maximum atomic E-state index is 13.9. The minimum absolute atomic E-state index is 0.116. The Morgan fingerprint density at radius 2 is 1.82 bits per heavy atom. The molecule has 0 radical (unpaired) electrons. The topological polar surface area (TPSA) is 80.0 Å². The monoisotopic (exact) mass is 307 g/mol. The van der Waals surface area contributed by atoms with E-state index in [0.29, 0.717) is 11.3 Å². The molecule has 1 fully saturated rings. The lowest BCUT2D eigenvalue weighted by molar-refractivity contribution is 0.305. The van der Waals surface area contributed by atoms with E-state index in [-0.39, 0.29) is 11.9 Å². The first kappa shape index (κ1) is 14.7. The van der Waals surface area contributed by atoms with Crippen LogP contribution in [-0.2, 0) is 0 Å². The van der Waals surface area contributed by atoms with E-state index in [1.165, 1.54) is 6.07 Å². The summed E-state index contributed by atoms with van der Waals surface area (Å²) < 4.78 is 27.7. The molecule has 0 amide bonds. The summed E-state index contributed by atoms with van der Waals surface area (Å²) in [7, 11) is 0. The lowest BCUT2D eigenvalue weighted by Gasteiger charge is -2.46. The molecule has 1 aliphatic carbocycles. The summed E-state index contributed by atoms with van der Waals surface area (Å²) >= 11 is 0. The van der Waals surface area contributed by atoms with Crippen LogP contribution in [-0.4, -0.2) is 17.6 Å². The maximum absolute atomic E-state index is 13.9. The number of halogens is 2. The summed E-state index contributed by atoms with van der Waals surface area (Å²) in [5.41, 5.74) is 11.8. The summed E-state index contributed by atoms with van der Waals surface area (Å²) in [5, 5.41) is 0. The minimum atomic E-state index is -0.695. The zero-order chi connectivity index (χ0) is 15.9. The van der Waals surface area contributed by atoms with Crippen LogP contribution in [0.5, 0.6) is 0 Å². The smallest absolute Gasteiger partial charge is 0.220 e. The van der Waals surface area contributed by atoms with E-state index >= 15 is 0 Å². The van der Waals surface area contributed by atoms with Crippen LogP contribution in [0, 0.1) is 18.6 Å². The van der Waals surface area contributed by atoms with Gasteiger partial charge in [0.1, 0.15) is 17.3 Å². The van der Waals surface area contributed by atoms with Gasteiger partial charge in [0, 0.05) is 11.6 Å². The van der Waals surface area contributed by atoms with Crippen molar-refractivity contribution in [3.63, 3.8) is 0 Å². The highest BCUT2D eigenvalue weighted by molar-refractivity contribution is 6.06. The average Bonchev–Trinajstić information content (AvgIpc) is 2.44. The summed E-state index contributed by atoms with van der Waals surface area (Å²) in [6.07, 6.45) is 4.45. The Morgan fingerprint density at radius 1 is 1.14 bits per heavy atom.